The molecule has 0 aliphatic carbocycles. The van der Waals surface area contributed by atoms with Gasteiger partial charge in [-0.1, -0.05) is 195 Å². The zero-order valence-electron chi connectivity index (χ0n) is 38.3. The predicted octanol–water partition coefficient (Wildman–Crippen LogP) is 15.0. The Morgan fingerprint density at radius 3 is 1.56 bits per heavy atom. The van der Waals surface area contributed by atoms with Crippen LogP contribution in [0.5, 0.6) is 0 Å². The van der Waals surface area contributed by atoms with Crippen LogP contribution in [-0.4, -0.2) is 47.9 Å². The molecule has 0 bridgehead atoms. The molecule has 0 radical (unpaired) electrons. The largest absolute Gasteiger partial charge is 0.462 e. The highest BCUT2D eigenvalue weighted by Gasteiger charge is 2.34. The van der Waals surface area contributed by atoms with E-state index in [1.165, 1.54) is 173 Å². The van der Waals surface area contributed by atoms with Crippen LogP contribution in [0.25, 0.3) is 0 Å². The van der Waals surface area contributed by atoms with Crippen LogP contribution in [0.4, 0.5) is 0 Å². The molecule has 2 aliphatic heterocycles. The number of hydroxylamine groups is 2. The number of cyclic esters (lactones) is 1. The van der Waals surface area contributed by atoms with Gasteiger partial charge in [0.05, 0.1) is 5.92 Å². The van der Waals surface area contributed by atoms with E-state index in [4.69, 9.17) is 14.3 Å². The lowest BCUT2D eigenvalue weighted by Crippen LogP contribution is -2.42. The molecule has 55 heavy (non-hydrogen) atoms. The molecule has 0 aromatic heterocycles. The van der Waals surface area contributed by atoms with Crippen LogP contribution in [-0.2, 0) is 23.9 Å². The number of unbranched alkanes of at least 4 members (excludes halogenated alkanes) is 23. The molecule has 3 unspecified atom stereocenters. The summed E-state index contributed by atoms with van der Waals surface area (Å²) in [6.45, 7) is 18.7. The first-order valence-corrected chi connectivity index (χ1v) is 24.2. The number of esters is 2. The fraction of sp³-hybridized carbons (Fsp3) is 0.959. The summed E-state index contributed by atoms with van der Waals surface area (Å²) >= 11 is 0. The summed E-state index contributed by atoms with van der Waals surface area (Å²) in [7, 11) is 0. The van der Waals surface area contributed by atoms with Gasteiger partial charge in [-0.05, 0) is 64.7 Å². The van der Waals surface area contributed by atoms with Crippen molar-refractivity contribution in [2.75, 3.05) is 13.2 Å². The van der Waals surface area contributed by atoms with Crippen LogP contribution in [0.2, 0.25) is 0 Å². The molecular formula is C49H95NO5. The lowest BCUT2D eigenvalue weighted by atomic mass is 9.80. The van der Waals surface area contributed by atoms with Gasteiger partial charge in [0.2, 0.25) is 0 Å². The number of hydrogen-bond donors (Lipinski definition) is 0. The molecular weight excluding hydrogens is 683 g/mol. The van der Waals surface area contributed by atoms with E-state index in [0.29, 0.717) is 24.5 Å². The average Bonchev–Trinajstić information content (AvgIpc) is 3.45. The summed E-state index contributed by atoms with van der Waals surface area (Å²) in [5.74, 6) is 0.0258. The van der Waals surface area contributed by atoms with Gasteiger partial charge < -0.3 is 9.47 Å². The smallest absolute Gasteiger partial charge is 0.309 e. The molecule has 2 aliphatic rings. The van der Waals surface area contributed by atoms with Crippen molar-refractivity contribution in [3.63, 3.8) is 0 Å². The first kappa shape index (κ1) is 51.9. The van der Waals surface area contributed by atoms with Crippen LogP contribution in [0.1, 0.15) is 261 Å². The monoisotopic (exact) mass is 778 g/mol. The van der Waals surface area contributed by atoms with Gasteiger partial charge in [-0.15, -0.1) is 0 Å². The molecule has 6 heteroatoms. The number of carbonyl (C=O) groups excluding carboxylic acids is 2. The summed E-state index contributed by atoms with van der Waals surface area (Å²) in [4.78, 5) is 29.7. The molecule has 326 valence electrons. The van der Waals surface area contributed by atoms with Gasteiger partial charge in [0.1, 0.15) is 18.3 Å². The van der Waals surface area contributed by atoms with Crippen molar-refractivity contribution in [3.8, 4) is 0 Å². The minimum Gasteiger partial charge on any atom is -0.462 e. The number of piperidine rings is 1. The van der Waals surface area contributed by atoms with Crippen LogP contribution < -0.4 is 0 Å². The summed E-state index contributed by atoms with van der Waals surface area (Å²) in [5.41, 5.74) is -0.265. The van der Waals surface area contributed by atoms with E-state index < -0.39 is 5.60 Å². The highest BCUT2D eigenvalue weighted by atomic mass is 16.7. The molecule has 2 fully saturated rings. The second-order valence-electron chi connectivity index (χ2n) is 19.2. The molecule has 0 spiro atoms. The fourth-order valence-electron chi connectivity index (χ4n) is 8.28. The molecule has 0 aromatic carbocycles. The van der Waals surface area contributed by atoms with E-state index >= 15 is 0 Å². The normalized spacial score (nSPS) is 19.3. The van der Waals surface area contributed by atoms with E-state index in [9.17, 15) is 9.59 Å². The van der Waals surface area contributed by atoms with Crippen LogP contribution in [0.15, 0.2) is 0 Å². The van der Waals surface area contributed by atoms with Crippen LogP contribution in [0, 0.1) is 11.3 Å². The van der Waals surface area contributed by atoms with Crippen molar-refractivity contribution in [2.24, 2.45) is 11.3 Å². The second-order valence-corrected chi connectivity index (χ2v) is 19.2. The summed E-state index contributed by atoms with van der Waals surface area (Å²) in [6, 6.07) is 0.454. The van der Waals surface area contributed by atoms with Gasteiger partial charge in [-0.3, -0.25) is 14.4 Å². The second kappa shape index (κ2) is 32.8. The van der Waals surface area contributed by atoms with E-state index in [1.807, 2.05) is 20.8 Å². The van der Waals surface area contributed by atoms with Gasteiger partial charge in [0.15, 0.2) is 0 Å². The topological polar surface area (TPSA) is 65.1 Å². The quantitative estimate of drug-likeness (QED) is 0.0488. The predicted molar refractivity (Wildman–Crippen MR) is 234 cm³/mol. The Labute approximate surface area is 343 Å². The maximum absolute atomic E-state index is 12.2. The summed E-state index contributed by atoms with van der Waals surface area (Å²) in [6.07, 6.45) is 41.5. The third-order valence-electron chi connectivity index (χ3n) is 12.0. The minimum absolute atomic E-state index is 0.00439. The molecule has 2 saturated heterocycles. The van der Waals surface area contributed by atoms with Gasteiger partial charge in [-0.2, -0.15) is 5.06 Å². The van der Waals surface area contributed by atoms with Crippen LogP contribution >= 0.6 is 0 Å². The maximum Gasteiger partial charge on any atom is 0.309 e. The summed E-state index contributed by atoms with van der Waals surface area (Å²) in [5, 5.41) is 2.06. The molecule has 3 atom stereocenters. The van der Waals surface area contributed by atoms with Crippen molar-refractivity contribution in [1.82, 2.24) is 5.06 Å². The summed E-state index contributed by atoms with van der Waals surface area (Å²) < 4.78 is 11.2. The Bertz CT molecular complexity index is 919. The van der Waals surface area contributed by atoms with Crippen molar-refractivity contribution < 1.29 is 23.9 Å². The van der Waals surface area contributed by atoms with Gasteiger partial charge in [-0.25, -0.2) is 0 Å². The van der Waals surface area contributed by atoms with Crippen LogP contribution in [0.3, 0.4) is 0 Å². The zero-order chi connectivity index (χ0) is 40.6. The Kier molecular flexibility index (Phi) is 30.9. The van der Waals surface area contributed by atoms with E-state index in [2.05, 4.69) is 39.7 Å². The number of ether oxygens (including phenoxy) is 2. The average molecular weight is 778 g/mol. The van der Waals surface area contributed by atoms with E-state index in [0.717, 1.165) is 32.2 Å². The molecule has 6 nitrogen and oxygen atoms in total. The number of rotatable bonds is 33. The lowest BCUT2D eigenvalue weighted by molar-refractivity contribution is -0.228. The fourth-order valence-corrected chi connectivity index (χ4v) is 8.28. The first-order chi connectivity index (χ1) is 26.4. The van der Waals surface area contributed by atoms with E-state index in [1.54, 1.807) is 0 Å². The number of carbonyl (C=O) groups is 2. The molecule has 0 N–H and O–H groups in total. The van der Waals surface area contributed by atoms with Gasteiger partial charge in [0, 0.05) is 19.0 Å². The lowest BCUT2D eigenvalue weighted by Gasteiger charge is -2.35. The Hall–Kier alpha value is -1.14. The van der Waals surface area contributed by atoms with Crippen molar-refractivity contribution in [3.05, 3.63) is 0 Å². The Balaban J connectivity index is 0.000000580. The zero-order valence-corrected chi connectivity index (χ0v) is 38.3. The van der Waals surface area contributed by atoms with Gasteiger partial charge >= 0.3 is 11.9 Å². The number of nitrogens with zero attached hydrogens (tertiary/aromatic N) is 1. The van der Waals surface area contributed by atoms with Crippen molar-refractivity contribution >= 4 is 11.9 Å². The Morgan fingerprint density at radius 1 is 0.673 bits per heavy atom. The molecule has 2 heterocycles. The SMILES string of the molecule is CCCCCCCCCCCCC(C)(C)CC1CC(C)C(=O)O1.CCCCCCCCCCCCCCCCCC(=O)OC(C)(C)CON1CCCCC1C. The van der Waals surface area contributed by atoms with Gasteiger partial charge in [0.25, 0.3) is 0 Å². The number of hydrogen-bond acceptors (Lipinski definition) is 6. The minimum atomic E-state index is -0.566. The van der Waals surface area contributed by atoms with Crippen molar-refractivity contribution in [2.45, 2.75) is 279 Å². The molecule has 2 rings (SSSR count). The third-order valence-corrected chi connectivity index (χ3v) is 12.0. The maximum atomic E-state index is 12.2. The molecule has 0 saturated carbocycles. The first-order valence-electron chi connectivity index (χ1n) is 24.2. The molecule has 0 aromatic rings. The van der Waals surface area contributed by atoms with E-state index in [-0.39, 0.29) is 24.0 Å². The Morgan fingerprint density at radius 2 is 1.13 bits per heavy atom. The highest BCUT2D eigenvalue weighted by Crippen LogP contribution is 2.35. The highest BCUT2D eigenvalue weighted by molar-refractivity contribution is 5.74. The standard InChI is InChI=1S/C28H55NO3.C21H40O2/c1-5-6-7-8-9-10-11-12-13-14-15-16-17-18-19-23-27(30)32-28(3,4)25-31-29-24-21-20-22-26(29)2;1-5-6-7-8-9-10-11-12-13-14-15-21(3,4)17-19-16-18(2)20(22)23-19/h26H,5-25H2,1-4H3;18-19H,5-17H2,1-4H3. The van der Waals surface area contributed by atoms with Crippen molar-refractivity contribution in [1.29, 1.82) is 0 Å². The third kappa shape index (κ3) is 29.7. The molecule has 0 amide bonds.